The SMILES string of the molecule is CS(=O)(=O)c1c([C@H]2C[C@H]3CC[C@@H](C2)N3C(=O)c2ccn[nH]2)nc2c(-c3cn[nH]c3)cnn2c1N. The lowest BCUT2D eigenvalue weighted by Gasteiger charge is -2.39. The van der Waals surface area contributed by atoms with Crippen LogP contribution in [0.25, 0.3) is 16.8 Å². The monoisotopic (exact) mass is 481 g/mol. The van der Waals surface area contributed by atoms with Gasteiger partial charge in [0.15, 0.2) is 15.5 Å². The second kappa shape index (κ2) is 7.38. The smallest absolute Gasteiger partial charge is 0.272 e. The van der Waals surface area contributed by atoms with Crippen LogP contribution in [0.5, 0.6) is 0 Å². The Bertz CT molecular complexity index is 1480. The number of H-pyrrole nitrogens is 2. The van der Waals surface area contributed by atoms with Gasteiger partial charge in [-0.2, -0.15) is 19.8 Å². The molecule has 4 aromatic rings. The molecule has 12 nitrogen and oxygen atoms in total. The van der Waals surface area contributed by atoms with Crippen molar-refractivity contribution in [1.82, 2.24) is 39.9 Å². The normalized spacial score (nSPS) is 22.5. The zero-order chi connectivity index (χ0) is 23.6. The number of nitrogens with one attached hydrogen (secondary N) is 2. The molecular formula is C21H23N9O3S. The van der Waals surface area contributed by atoms with Gasteiger partial charge < -0.3 is 10.6 Å². The fraction of sp³-hybridized carbons (Fsp3) is 0.381. The Kier molecular flexibility index (Phi) is 4.52. The van der Waals surface area contributed by atoms with E-state index in [1.165, 1.54) is 4.52 Å². The van der Waals surface area contributed by atoms with Crippen molar-refractivity contribution in [2.24, 2.45) is 0 Å². The largest absolute Gasteiger partial charge is 0.382 e. The zero-order valence-electron chi connectivity index (χ0n) is 18.3. The molecule has 0 aromatic carbocycles. The minimum Gasteiger partial charge on any atom is -0.382 e. The average molecular weight is 482 g/mol. The summed E-state index contributed by atoms with van der Waals surface area (Å²) in [5, 5.41) is 17.7. The average Bonchev–Trinajstić information content (AvgIpc) is 3.58. The number of rotatable bonds is 4. The van der Waals surface area contributed by atoms with Gasteiger partial charge >= 0.3 is 0 Å². The minimum absolute atomic E-state index is 0.00975. The van der Waals surface area contributed by atoms with Crippen LogP contribution in [0.3, 0.4) is 0 Å². The van der Waals surface area contributed by atoms with E-state index in [2.05, 4.69) is 25.5 Å². The molecule has 0 saturated carbocycles. The van der Waals surface area contributed by atoms with Gasteiger partial charge in [-0.05, 0) is 31.7 Å². The molecule has 0 spiro atoms. The van der Waals surface area contributed by atoms with Crippen LogP contribution in [0.4, 0.5) is 5.82 Å². The highest BCUT2D eigenvalue weighted by Crippen LogP contribution is 2.45. The molecule has 13 heteroatoms. The van der Waals surface area contributed by atoms with Crippen molar-refractivity contribution in [3.05, 3.63) is 42.2 Å². The third-order valence-electron chi connectivity index (χ3n) is 6.93. The van der Waals surface area contributed by atoms with E-state index < -0.39 is 9.84 Å². The predicted molar refractivity (Wildman–Crippen MR) is 122 cm³/mol. The number of amides is 1. The highest BCUT2D eigenvalue weighted by Gasteiger charge is 2.45. The first kappa shape index (κ1) is 20.8. The maximum Gasteiger partial charge on any atom is 0.272 e. The number of nitrogen functional groups attached to an aromatic ring is 1. The number of carbonyl (C=O) groups excluding carboxylic acids is 1. The molecule has 3 atom stereocenters. The molecule has 176 valence electrons. The van der Waals surface area contributed by atoms with Crippen molar-refractivity contribution in [2.45, 2.75) is 48.6 Å². The van der Waals surface area contributed by atoms with Crippen LogP contribution < -0.4 is 5.73 Å². The number of hydrogen-bond donors (Lipinski definition) is 3. The lowest BCUT2D eigenvalue weighted by atomic mass is 9.87. The number of sulfone groups is 1. The van der Waals surface area contributed by atoms with Crippen molar-refractivity contribution >= 4 is 27.2 Å². The second-order valence-electron chi connectivity index (χ2n) is 9.00. The fourth-order valence-corrected chi connectivity index (χ4v) is 6.58. The van der Waals surface area contributed by atoms with E-state index in [4.69, 9.17) is 10.7 Å². The van der Waals surface area contributed by atoms with E-state index in [-0.39, 0.29) is 34.6 Å². The molecular weight excluding hydrogens is 458 g/mol. The van der Waals surface area contributed by atoms with Gasteiger partial charge in [-0.3, -0.25) is 15.0 Å². The number of fused-ring (bicyclic) bond motifs is 3. The van der Waals surface area contributed by atoms with Gasteiger partial charge in [0.25, 0.3) is 5.91 Å². The molecule has 2 aliphatic rings. The standard InChI is InChI=1S/C21H23N9O3S/c1-34(32,33)18-17(27-20-15(12-8-24-25-9-12)10-26-30(20)19(18)22)11-6-13-2-3-14(7-11)29(13)21(31)16-4-5-23-28-16/h4-5,8-11,13-14H,2-3,6-7,22H2,1H3,(H,23,28)(H,24,25)/t11-,13+,14-. The van der Waals surface area contributed by atoms with Crippen LogP contribution >= 0.6 is 0 Å². The Morgan fingerprint density at radius 2 is 1.94 bits per heavy atom. The number of aromatic nitrogens is 7. The summed E-state index contributed by atoms with van der Waals surface area (Å²) in [7, 11) is -3.69. The first-order valence-corrected chi connectivity index (χ1v) is 12.9. The summed E-state index contributed by atoms with van der Waals surface area (Å²) in [6.45, 7) is 0. The lowest BCUT2D eigenvalue weighted by molar-refractivity contribution is 0.0562. The molecule has 2 bridgehead atoms. The molecule has 0 aliphatic carbocycles. The second-order valence-corrected chi connectivity index (χ2v) is 11.0. The number of aromatic amines is 2. The number of anilines is 1. The molecule has 4 N–H and O–H groups in total. The Hall–Kier alpha value is -3.74. The van der Waals surface area contributed by atoms with Crippen LogP contribution in [0.1, 0.15) is 47.8 Å². The first-order chi connectivity index (χ1) is 16.3. The van der Waals surface area contributed by atoms with Crippen molar-refractivity contribution < 1.29 is 13.2 Å². The highest BCUT2D eigenvalue weighted by molar-refractivity contribution is 7.91. The first-order valence-electron chi connectivity index (χ1n) is 11.0. The zero-order valence-corrected chi connectivity index (χ0v) is 19.2. The Morgan fingerprint density at radius 1 is 1.18 bits per heavy atom. The van der Waals surface area contributed by atoms with Crippen LogP contribution in [-0.2, 0) is 9.84 Å². The van der Waals surface area contributed by atoms with Gasteiger partial charge in [0.2, 0.25) is 0 Å². The molecule has 1 amide bonds. The van der Waals surface area contributed by atoms with Crippen molar-refractivity contribution in [2.75, 3.05) is 12.0 Å². The van der Waals surface area contributed by atoms with E-state index in [0.29, 0.717) is 35.4 Å². The highest BCUT2D eigenvalue weighted by atomic mass is 32.2. The summed E-state index contributed by atoms with van der Waals surface area (Å²) < 4.78 is 27.1. The molecule has 34 heavy (non-hydrogen) atoms. The van der Waals surface area contributed by atoms with Crippen LogP contribution in [0.2, 0.25) is 0 Å². The van der Waals surface area contributed by atoms with Crippen molar-refractivity contribution in [1.29, 1.82) is 0 Å². The molecule has 6 heterocycles. The summed E-state index contributed by atoms with van der Waals surface area (Å²) in [5.41, 5.74) is 9.25. The van der Waals surface area contributed by atoms with Crippen LogP contribution in [0, 0.1) is 0 Å². The van der Waals surface area contributed by atoms with Crippen LogP contribution in [-0.4, -0.2) is 72.6 Å². The number of nitrogens with two attached hydrogens (primary N) is 1. The summed E-state index contributed by atoms with van der Waals surface area (Å²) >= 11 is 0. The molecule has 2 saturated heterocycles. The predicted octanol–water partition coefficient (Wildman–Crippen LogP) is 1.38. The molecule has 2 aliphatic heterocycles. The summed E-state index contributed by atoms with van der Waals surface area (Å²) in [5.74, 6) is -0.194. The molecule has 2 fully saturated rings. The Morgan fingerprint density at radius 3 is 2.56 bits per heavy atom. The number of piperidine rings is 1. The van der Waals surface area contributed by atoms with E-state index in [1.807, 2.05) is 4.90 Å². The molecule has 4 aromatic heterocycles. The van der Waals surface area contributed by atoms with E-state index >= 15 is 0 Å². The fourth-order valence-electron chi connectivity index (χ4n) is 5.52. The van der Waals surface area contributed by atoms with Crippen molar-refractivity contribution in [3.8, 4) is 11.1 Å². The molecule has 0 radical (unpaired) electrons. The van der Waals surface area contributed by atoms with Crippen molar-refractivity contribution in [3.63, 3.8) is 0 Å². The summed E-state index contributed by atoms with van der Waals surface area (Å²) in [4.78, 5) is 19.8. The molecule has 0 unspecified atom stereocenters. The number of nitrogens with zero attached hydrogens (tertiary/aromatic N) is 6. The number of hydrogen-bond acceptors (Lipinski definition) is 8. The molecule has 6 rings (SSSR count). The van der Waals surface area contributed by atoms with E-state index in [9.17, 15) is 13.2 Å². The maximum atomic E-state index is 13.1. The lowest BCUT2D eigenvalue weighted by Crippen LogP contribution is -2.46. The van der Waals surface area contributed by atoms with E-state index in [1.54, 1.807) is 30.9 Å². The minimum atomic E-state index is -3.69. The van der Waals surface area contributed by atoms with Gasteiger partial charge in [-0.25, -0.2) is 13.4 Å². The summed E-state index contributed by atoms with van der Waals surface area (Å²) in [6.07, 6.45) is 10.6. The number of carbonyl (C=O) groups is 1. The van der Waals surface area contributed by atoms with Gasteiger partial charge in [0.1, 0.15) is 16.4 Å². The Balaban J connectivity index is 1.45. The Labute approximate surface area is 194 Å². The third-order valence-corrected chi connectivity index (χ3v) is 8.09. The third kappa shape index (κ3) is 3.10. The summed E-state index contributed by atoms with van der Waals surface area (Å²) in [6, 6.07) is 1.65. The topological polar surface area (TPSA) is 168 Å². The van der Waals surface area contributed by atoms with Gasteiger partial charge in [-0.15, -0.1) is 0 Å². The van der Waals surface area contributed by atoms with Crippen LogP contribution in [0.15, 0.2) is 35.7 Å². The maximum absolute atomic E-state index is 13.1. The quantitative estimate of drug-likeness (QED) is 0.393. The van der Waals surface area contributed by atoms with Gasteiger partial charge in [0.05, 0.1) is 18.1 Å². The van der Waals surface area contributed by atoms with E-state index in [0.717, 1.165) is 24.7 Å². The van der Waals surface area contributed by atoms with Gasteiger partial charge in [-0.1, -0.05) is 0 Å². The van der Waals surface area contributed by atoms with Gasteiger partial charge in [0, 0.05) is 47.8 Å².